The van der Waals surface area contributed by atoms with Gasteiger partial charge in [0.05, 0.1) is 0 Å². The van der Waals surface area contributed by atoms with E-state index in [1.165, 1.54) is 6.42 Å². The number of hydrogen-bond acceptors (Lipinski definition) is 0. The Morgan fingerprint density at radius 2 is 1.70 bits per heavy atom. The summed E-state index contributed by atoms with van der Waals surface area (Å²) in [6.07, 6.45) is 1.48. The van der Waals surface area contributed by atoms with Crippen LogP contribution in [0.5, 0.6) is 0 Å². The molecule has 0 bridgehead atoms. The second kappa shape index (κ2) is 1.60. The van der Waals surface area contributed by atoms with Crippen LogP contribution < -0.4 is 0 Å². The van der Waals surface area contributed by atoms with Crippen molar-refractivity contribution >= 4 is 0 Å². The average Bonchev–Trinajstić information content (AvgIpc) is 2.53. The minimum absolute atomic E-state index is 0.763. The molecule has 0 N–H and O–H groups in total. The monoisotopic (exact) mass is 138 g/mol. The molecule has 2 aliphatic rings. The van der Waals surface area contributed by atoms with Crippen molar-refractivity contribution in [2.45, 2.75) is 34.1 Å². The van der Waals surface area contributed by atoms with Crippen LogP contribution in [0, 0.1) is 29.1 Å². The van der Waals surface area contributed by atoms with Gasteiger partial charge in [-0.25, -0.2) is 0 Å². The summed E-state index contributed by atoms with van der Waals surface area (Å²) >= 11 is 0. The molecule has 0 aromatic carbocycles. The summed E-state index contributed by atoms with van der Waals surface area (Å²) in [5.41, 5.74) is 0.763. The second-order valence-corrected chi connectivity index (χ2v) is 5.17. The van der Waals surface area contributed by atoms with Crippen molar-refractivity contribution in [1.82, 2.24) is 0 Å². The lowest BCUT2D eigenvalue weighted by Gasteiger charge is -2.17. The Hall–Kier alpha value is 0. The van der Waals surface area contributed by atoms with Gasteiger partial charge in [-0.15, -0.1) is 0 Å². The van der Waals surface area contributed by atoms with Crippen molar-refractivity contribution in [3.8, 4) is 0 Å². The third-order valence-electron chi connectivity index (χ3n) is 3.52. The Morgan fingerprint density at radius 1 is 1.20 bits per heavy atom. The molecule has 2 atom stereocenters. The Labute approximate surface area is 64.0 Å². The first-order valence-electron chi connectivity index (χ1n) is 4.55. The molecular weight excluding hydrogens is 120 g/mol. The lowest BCUT2D eigenvalue weighted by molar-refractivity contribution is 0.318. The summed E-state index contributed by atoms with van der Waals surface area (Å²) in [6, 6.07) is 0. The molecule has 58 valence electrons. The van der Waals surface area contributed by atoms with E-state index >= 15 is 0 Å². The Kier molecular flexibility index (Phi) is 1.07. The van der Waals surface area contributed by atoms with Crippen LogP contribution in [0.2, 0.25) is 0 Å². The fourth-order valence-electron chi connectivity index (χ4n) is 2.91. The van der Waals surface area contributed by atoms with Crippen LogP contribution in [0.15, 0.2) is 0 Å². The van der Waals surface area contributed by atoms with Gasteiger partial charge >= 0.3 is 0 Å². The van der Waals surface area contributed by atoms with Gasteiger partial charge in [-0.2, -0.15) is 0 Å². The molecule has 2 saturated carbocycles. The predicted octanol–water partition coefficient (Wildman–Crippen LogP) is 2.93. The molecule has 0 radical (unpaired) electrons. The summed E-state index contributed by atoms with van der Waals surface area (Å²) in [6.45, 7) is 9.51. The molecular formula is C10H18. The maximum Gasteiger partial charge on any atom is -0.0286 e. The van der Waals surface area contributed by atoms with Gasteiger partial charge in [-0.1, -0.05) is 27.7 Å². The third-order valence-corrected chi connectivity index (χ3v) is 3.52. The molecule has 0 aromatic rings. The van der Waals surface area contributed by atoms with Crippen LogP contribution in [0.4, 0.5) is 0 Å². The fourth-order valence-corrected chi connectivity index (χ4v) is 2.91. The van der Waals surface area contributed by atoms with E-state index in [4.69, 9.17) is 0 Å². The summed E-state index contributed by atoms with van der Waals surface area (Å²) in [7, 11) is 0. The van der Waals surface area contributed by atoms with Gasteiger partial charge in [0.2, 0.25) is 0 Å². The Balaban J connectivity index is 1.77. The number of hydrogen-bond donors (Lipinski definition) is 0. The van der Waals surface area contributed by atoms with Crippen molar-refractivity contribution in [1.29, 1.82) is 0 Å². The van der Waals surface area contributed by atoms with Crippen LogP contribution in [-0.2, 0) is 0 Å². The molecule has 2 aliphatic carbocycles. The van der Waals surface area contributed by atoms with E-state index in [0.29, 0.717) is 0 Å². The first kappa shape index (κ1) is 6.69. The zero-order valence-electron chi connectivity index (χ0n) is 7.52. The Morgan fingerprint density at radius 3 is 2.00 bits per heavy atom. The third kappa shape index (κ3) is 0.681. The summed E-state index contributed by atoms with van der Waals surface area (Å²) in [5, 5.41) is 0. The van der Waals surface area contributed by atoms with Crippen molar-refractivity contribution in [2.24, 2.45) is 29.1 Å². The standard InChI is InChI=1S/C10H18/c1-6(2)5-7-8-9(7)10(8,3)4/h6-9H,5H2,1-4H3. The molecule has 0 heterocycles. The van der Waals surface area contributed by atoms with E-state index in [9.17, 15) is 0 Å². The normalized spacial score (nSPS) is 47.1. The quantitative estimate of drug-likeness (QED) is 0.550. The topological polar surface area (TPSA) is 0 Å². The van der Waals surface area contributed by atoms with Crippen LogP contribution in [0.3, 0.4) is 0 Å². The summed E-state index contributed by atoms with van der Waals surface area (Å²) in [5.74, 6) is 4.33. The molecule has 0 aromatic heterocycles. The highest BCUT2D eigenvalue weighted by molar-refractivity contribution is 5.24. The lowest BCUT2D eigenvalue weighted by Crippen LogP contribution is -2.10. The van der Waals surface area contributed by atoms with Gasteiger partial charge < -0.3 is 0 Å². The van der Waals surface area contributed by atoms with Gasteiger partial charge in [0.15, 0.2) is 0 Å². The summed E-state index contributed by atoms with van der Waals surface area (Å²) in [4.78, 5) is 0. The minimum atomic E-state index is 0.763. The van der Waals surface area contributed by atoms with Crippen LogP contribution >= 0.6 is 0 Å². The highest BCUT2D eigenvalue weighted by Crippen LogP contribution is 2.82. The van der Waals surface area contributed by atoms with Crippen LogP contribution in [0.25, 0.3) is 0 Å². The van der Waals surface area contributed by atoms with Gasteiger partial charge in [-0.3, -0.25) is 0 Å². The molecule has 10 heavy (non-hydrogen) atoms. The molecule has 2 fully saturated rings. The molecule has 2 unspecified atom stereocenters. The Bertz CT molecular complexity index is 143. The van der Waals surface area contributed by atoms with Gasteiger partial charge in [0.1, 0.15) is 0 Å². The van der Waals surface area contributed by atoms with Crippen molar-refractivity contribution in [3.05, 3.63) is 0 Å². The van der Waals surface area contributed by atoms with Gasteiger partial charge in [-0.05, 0) is 35.5 Å². The van der Waals surface area contributed by atoms with E-state index in [-0.39, 0.29) is 0 Å². The van der Waals surface area contributed by atoms with E-state index in [2.05, 4.69) is 27.7 Å². The summed E-state index contributed by atoms with van der Waals surface area (Å²) < 4.78 is 0. The average molecular weight is 138 g/mol. The molecule has 2 rings (SSSR count). The van der Waals surface area contributed by atoms with Crippen molar-refractivity contribution in [2.75, 3.05) is 0 Å². The largest absolute Gasteiger partial charge is 0.0628 e. The van der Waals surface area contributed by atoms with Gasteiger partial charge in [0, 0.05) is 0 Å². The van der Waals surface area contributed by atoms with Crippen molar-refractivity contribution < 1.29 is 0 Å². The van der Waals surface area contributed by atoms with E-state index in [1.807, 2.05) is 0 Å². The van der Waals surface area contributed by atoms with Crippen LogP contribution in [-0.4, -0.2) is 0 Å². The minimum Gasteiger partial charge on any atom is -0.0628 e. The van der Waals surface area contributed by atoms with E-state index in [1.54, 1.807) is 0 Å². The molecule has 0 nitrogen and oxygen atoms in total. The highest BCUT2D eigenvalue weighted by Gasteiger charge is 2.77. The lowest BCUT2D eigenvalue weighted by atomic mass is 9.88. The second-order valence-electron chi connectivity index (χ2n) is 5.17. The van der Waals surface area contributed by atoms with Crippen molar-refractivity contribution in [3.63, 3.8) is 0 Å². The van der Waals surface area contributed by atoms with Crippen LogP contribution in [0.1, 0.15) is 34.1 Å². The maximum absolute atomic E-state index is 2.42. The van der Waals surface area contributed by atoms with Gasteiger partial charge in [0.25, 0.3) is 0 Å². The predicted molar refractivity (Wildman–Crippen MR) is 43.7 cm³/mol. The van der Waals surface area contributed by atoms with E-state index in [0.717, 1.165) is 29.1 Å². The molecule has 0 amide bonds. The molecule has 0 spiro atoms. The fraction of sp³-hybridized carbons (Fsp3) is 1.00. The number of fused-ring (bicyclic) bond motifs is 1. The zero-order chi connectivity index (χ0) is 7.52. The first-order chi connectivity index (χ1) is 4.55. The van der Waals surface area contributed by atoms with E-state index < -0.39 is 0 Å². The SMILES string of the molecule is CC(C)CC1C2C1C2(C)C. The first-order valence-corrected chi connectivity index (χ1v) is 4.55. The zero-order valence-corrected chi connectivity index (χ0v) is 7.52. The highest BCUT2D eigenvalue weighted by atomic mass is 14.8. The number of rotatable bonds is 2. The molecule has 0 saturated heterocycles. The molecule has 0 aliphatic heterocycles. The maximum atomic E-state index is 2.42. The molecule has 0 heteroatoms. The smallest absolute Gasteiger partial charge is 0.0286 e.